The van der Waals surface area contributed by atoms with Crippen LogP contribution in [0.4, 0.5) is 4.79 Å². The van der Waals surface area contributed by atoms with Gasteiger partial charge >= 0.3 is 6.03 Å². The topological polar surface area (TPSA) is 73.0 Å². The Morgan fingerprint density at radius 1 is 1.27 bits per heavy atom. The molecule has 26 heavy (non-hydrogen) atoms. The Morgan fingerprint density at radius 2 is 2.00 bits per heavy atom. The van der Waals surface area contributed by atoms with Gasteiger partial charge in [-0.1, -0.05) is 6.07 Å². The standard InChI is InChI=1S/C18H24N4O3S/c1-18(13-4-5-13)16(24)22(17(25)19-18)12-15(23)21-8-6-20(7-9-21)11-14-3-2-10-26-14/h2-3,10,13H,4-9,11-12H2,1H3,(H,19,25). The summed E-state index contributed by atoms with van der Waals surface area (Å²) in [5.41, 5.74) is -0.823. The van der Waals surface area contributed by atoms with Gasteiger partial charge in [0, 0.05) is 37.6 Å². The van der Waals surface area contributed by atoms with E-state index in [0.717, 1.165) is 37.4 Å². The van der Waals surface area contributed by atoms with Gasteiger partial charge in [-0.05, 0) is 37.1 Å². The second-order valence-corrected chi connectivity index (χ2v) is 8.57. The molecule has 1 aromatic heterocycles. The van der Waals surface area contributed by atoms with Crippen molar-refractivity contribution in [2.75, 3.05) is 32.7 Å². The van der Waals surface area contributed by atoms with Crippen molar-refractivity contribution in [1.82, 2.24) is 20.0 Å². The summed E-state index contributed by atoms with van der Waals surface area (Å²) in [6, 6.07) is 3.73. The molecule has 1 N–H and O–H groups in total. The molecule has 140 valence electrons. The first kappa shape index (κ1) is 17.5. The molecule has 0 spiro atoms. The highest BCUT2D eigenvalue weighted by Gasteiger charge is 2.56. The fourth-order valence-electron chi connectivity index (χ4n) is 3.81. The number of nitrogens with one attached hydrogen (secondary N) is 1. The SMILES string of the molecule is CC1(C2CC2)NC(=O)N(CC(=O)N2CCN(Cc3cccs3)CC2)C1=O. The maximum Gasteiger partial charge on any atom is 0.325 e. The number of piperazine rings is 1. The average Bonchev–Trinajstić information content (AvgIpc) is 3.33. The van der Waals surface area contributed by atoms with Crippen molar-refractivity contribution in [3.8, 4) is 0 Å². The molecular formula is C18H24N4O3S. The summed E-state index contributed by atoms with van der Waals surface area (Å²) in [6.45, 7) is 5.41. The molecule has 7 nitrogen and oxygen atoms in total. The predicted octanol–water partition coefficient (Wildman–Crippen LogP) is 1.11. The molecule has 8 heteroatoms. The third-order valence-corrected chi connectivity index (χ3v) is 6.53. The number of carbonyl (C=O) groups excluding carboxylic acids is 3. The Hall–Kier alpha value is -1.93. The van der Waals surface area contributed by atoms with Gasteiger partial charge in [-0.3, -0.25) is 19.4 Å². The summed E-state index contributed by atoms with van der Waals surface area (Å²) in [5.74, 6) is -0.196. The number of nitrogens with zero attached hydrogens (tertiary/aromatic N) is 3. The highest BCUT2D eigenvalue weighted by molar-refractivity contribution is 7.09. The van der Waals surface area contributed by atoms with E-state index in [2.05, 4.69) is 21.7 Å². The van der Waals surface area contributed by atoms with E-state index in [1.165, 1.54) is 4.88 Å². The van der Waals surface area contributed by atoms with Crippen molar-refractivity contribution < 1.29 is 14.4 Å². The summed E-state index contributed by atoms with van der Waals surface area (Å²) in [4.78, 5) is 43.9. The number of urea groups is 1. The number of carbonyl (C=O) groups is 3. The highest BCUT2D eigenvalue weighted by atomic mass is 32.1. The van der Waals surface area contributed by atoms with Gasteiger partial charge in [-0.25, -0.2) is 4.79 Å². The van der Waals surface area contributed by atoms with E-state index in [1.54, 1.807) is 23.2 Å². The zero-order valence-corrected chi connectivity index (χ0v) is 15.8. The molecule has 4 amide bonds. The molecule has 2 saturated heterocycles. The molecule has 1 atom stereocenters. The van der Waals surface area contributed by atoms with E-state index in [-0.39, 0.29) is 24.3 Å². The predicted molar refractivity (Wildman–Crippen MR) is 97.5 cm³/mol. The van der Waals surface area contributed by atoms with Gasteiger partial charge < -0.3 is 10.2 Å². The van der Waals surface area contributed by atoms with Crippen LogP contribution in [-0.4, -0.2) is 70.8 Å². The van der Waals surface area contributed by atoms with Crippen molar-refractivity contribution in [3.63, 3.8) is 0 Å². The number of amides is 4. The molecule has 0 bridgehead atoms. The molecule has 0 radical (unpaired) electrons. The summed E-state index contributed by atoms with van der Waals surface area (Å²) >= 11 is 1.74. The van der Waals surface area contributed by atoms with Gasteiger partial charge in [0.05, 0.1) is 0 Å². The molecule has 1 saturated carbocycles. The van der Waals surface area contributed by atoms with Crippen molar-refractivity contribution in [3.05, 3.63) is 22.4 Å². The monoisotopic (exact) mass is 376 g/mol. The first-order chi connectivity index (χ1) is 12.5. The maximum absolute atomic E-state index is 12.6. The molecule has 3 fully saturated rings. The van der Waals surface area contributed by atoms with Crippen LogP contribution in [0.5, 0.6) is 0 Å². The normalized spacial score (nSPS) is 27.1. The molecule has 4 rings (SSSR count). The Bertz CT molecular complexity index is 710. The van der Waals surface area contributed by atoms with Gasteiger partial charge in [-0.2, -0.15) is 0 Å². The molecule has 1 aliphatic carbocycles. The van der Waals surface area contributed by atoms with Gasteiger partial charge in [0.1, 0.15) is 12.1 Å². The van der Waals surface area contributed by atoms with Crippen LogP contribution in [0.25, 0.3) is 0 Å². The Labute approximate surface area is 156 Å². The molecule has 0 aromatic carbocycles. The number of rotatable bonds is 5. The molecule has 3 heterocycles. The largest absolute Gasteiger partial charge is 0.339 e. The molecule has 1 unspecified atom stereocenters. The molecular weight excluding hydrogens is 352 g/mol. The molecule has 1 aromatic rings. The second kappa shape index (κ2) is 6.66. The third-order valence-electron chi connectivity index (χ3n) is 5.67. The van der Waals surface area contributed by atoms with Gasteiger partial charge in [0.25, 0.3) is 5.91 Å². The van der Waals surface area contributed by atoms with E-state index in [0.29, 0.717) is 13.1 Å². The zero-order valence-electron chi connectivity index (χ0n) is 14.9. The number of thiophene rings is 1. The van der Waals surface area contributed by atoms with Crippen LogP contribution in [-0.2, 0) is 16.1 Å². The fourth-order valence-corrected chi connectivity index (χ4v) is 4.56. The van der Waals surface area contributed by atoms with Gasteiger partial charge in [-0.15, -0.1) is 11.3 Å². The van der Waals surface area contributed by atoms with Crippen LogP contribution in [0.15, 0.2) is 17.5 Å². The summed E-state index contributed by atoms with van der Waals surface area (Å²) in [7, 11) is 0. The Kier molecular flexibility index (Phi) is 4.48. The van der Waals surface area contributed by atoms with Gasteiger partial charge in [0.15, 0.2) is 0 Å². The lowest BCUT2D eigenvalue weighted by molar-refractivity contribution is -0.140. The number of imide groups is 1. The van der Waals surface area contributed by atoms with Crippen molar-refractivity contribution >= 4 is 29.2 Å². The summed E-state index contributed by atoms with van der Waals surface area (Å²) < 4.78 is 0. The second-order valence-electron chi connectivity index (χ2n) is 7.53. The van der Waals surface area contributed by atoms with E-state index in [9.17, 15) is 14.4 Å². The first-order valence-corrected chi connectivity index (χ1v) is 10.0. The minimum atomic E-state index is -0.823. The van der Waals surface area contributed by atoms with E-state index < -0.39 is 11.6 Å². The van der Waals surface area contributed by atoms with Crippen LogP contribution in [0, 0.1) is 5.92 Å². The first-order valence-electron chi connectivity index (χ1n) is 9.14. The minimum absolute atomic E-state index is 0.149. The van der Waals surface area contributed by atoms with Crippen LogP contribution in [0.2, 0.25) is 0 Å². The van der Waals surface area contributed by atoms with E-state index in [4.69, 9.17) is 0 Å². The van der Waals surface area contributed by atoms with Crippen LogP contribution >= 0.6 is 11.3 Å². The van der Waals surface area contributed by atoms with E-state index in [1.807, 2.05) is 6.07 Å². The minimum Gasteiger partial charge on any atom is -0.339 e. The summed E-state index contributed by atoms with van der Waals surface area (Å²) in [5, 5.41) is 4.86. The van der Waals surface area contributed by atoms with Crippen LogP contribution in [0.3, 0.4) is 0 Å². The zero-order chi connectivity index (χ0) is 18.3. The molecule has 3 aliphatic rings. The Morgan fingerprint density at radius 3 is 2.62 bits per heavy atom. The lowest BCUT2D eigenvalue weighted by Crippen LogP contribution is -2.52. The van der Waals surface area contributed by atoms with Crippen LogP contribution in [0.1, 0.15) is 24.6 Å². The lowest BCUT2D eigenvalue weighted by Gasteiger charge is -2.35. The quantitative estimate of drug-likeness (QED) is 0.782. The number of hydrogen-bond acceptors (Lipinski definition) is 5. The van der Waals surface area contributed by atoms with Crippen molar-refractivity contribution in [2.24, 2.45) is 5.92 Å². The van der Waals surface area contributed by atoms with Crippen molar-refractivity contribution in [2.45, 2.75) is 31.8 Å². The number of hydrogen-bond donors (Lipinski definition) is 1. The lowest BCUT2D eigenvalue weighted by atomic mass is 9.96. The third kappa shape index (κ3) is 3.23. The van der Waals surface area contributed by atoms with Crippen LogP contribution < -0.4 is 5.32 Å². The molecule has 2 aliphatic heterocycles. The maximum atomic E-state index is 12.6. The smallest absolute Gasteiger partial charge is 0.325 e. The summed E-state index contributed by atoms with van der Waals surface area (Å²) in [6.07, 6.45) is 1.91. The van der Waals surface area contributed by atoms with Gasteiger partial charge in [0.2, 0.25) is 5.91 Å². The Balaban J connectivity index is 1.30. The highest BCUT2D eigenvalue weighted by Crippen LogP contribution is 2.42. The fraction of sp³-hybridized carbons (Fsp3) is 0.611. The average molecular weight is 376 g/mol. The van der Waals surface area contributed by atoms with E-state index >= 15 is 0 Å². The van der Waals surface area contributed by atoms with Crippen molar-refractivity contribution in [1.29, 1.82) is 0 Å².